The number of nitrogens with zero attached hydrogens (tertiary/aromatic N) is 2. The summed E-state index contributed by atoms with van der Waals surface area (Å²) in [6.45, 7) is 3.50. The van der Waals surface area contributed by atoms with Crippen LogP contribution < -0.4 is 20.1 Å². The third-order valence-electron chi connectivity index (χ3n) is 5.78. The van der Waals surface area contributed by atoms with Gasteiger partial charge < -0.3 is 20.1 Å². The molecule has 3 aromatic rings. The molecule has 0 spiro atoms. The number of rotatable bonds is 7. The molecule has 184 valence electrons. The van der Waals surface area contributed by atoms with Crippen LogP contribution in [0.3, 0.4) is 0 Å². The topological polar surface area (TPSA) is 102 Å². The number of hydrogen-bond donors (Lipinski definition) is 2. The summed E-state index contributed by atoms with van der Waals surface area (Å²) in [6.07, 6.45) is 3.50. The maximum absolute atomic E-state index is 12.2. The fourth-order valence-electron chi connectivity index (χ4n) is 3.98. The van der Waals surface area contributed by atoms with Gasteiger partial charge in [0.2, 0.25) is 11.9 Å². The number of nitrogens with one attached hydrogen (secondary N) is 2. The number of fused-ring (bicyclic) bond motifs is 1. The Balaban J connectivity index is 1.64. The van der Waals surface area contributed by atoms with Gasteiger partial charge in [0.25, 0.3) is 0 Å². The predicted molar refractivity (Wildman–Crippen MR) is 140 cm³/mol. The van der Waals surface area contributed by atoms with E-state index in [9.17, 15) is 9.00 Å². The Labute approximate surface area is 215 Å². The van der Waals surface area contributed by atoms with Crippen LogP contribution in [0.5, 0.6) is 11.5 Å². The van der Waals surface area contributed by atoms with E-state index in [1.807, 2.05) is 18.2 Å². The molecule has 0 bridgehead atoms. The molecule has 11 heteroatoms. The summed E-state index contributed by atoms with van der Waals surface area (Å²) in [7, 11) is 2.06. The minimum absolute atomic E-state index is 0.202. The Morgan fingerprint density at radius 1 is 1.17 bits per heavy atom. The molecule has 1 aromatic heterocycles. The van der Waals surface area contributed by atoms with Crippen molar-refractivity contribution in [3.8, 4) is 22.6 Å². The van der Waals surface area contributed by atoms with Crippen LogP contribution >= 0.6 is 23.2 Å². The van der Waals surface area contributed by atoms with Crippen LogP contribution in [-0.2, 0) is 15.6 Å². The molecule has 1 fully saturated rings. The number of methoxy groups -OCH3 is 2. The van der Waals surface area contributed by atoms with Crippen LogP contribution in [-0.4, -0.2) is 57.9 Å². The molecule has 0 saturated carbocycles. The fraction of sp³-hybridized carbons (Fsp3) is 0.292. The number of ether oxygens (including phenoxy) is 2. The van der Waals surface area contributed by atoms with E-state index in [1.54, 1.807) is 12.3 Å². The minimum atomic E-state index is -0.984. The summed E-state index contributed by atoms with van der Waals surface area (Å²) >= 11 is 13.1. The van der Waals surface area contributed by atoms with Crippen molar-refractivity contribution in [2.24, 2.45) is 0 Å². The van der Waals surface area contributed by atoms with E-state index in [1.165, 1.54) is 20.3 Å². The van der Waals surface area contributed by atoms with Gasteiger partial charge in [-0.25, -0.2) is 9.97 Å². The highest BCUT2D eigenvalue weighted by Gasteiger charge is 2.30. The monoisotopic (exact) mass is 534 g/mol. The number of aromatic nitrogens is 2. The van der Waals surface area contributed by atoms with Crippen molar-refractivity contribution >= 4 is 56.8 Å². The van der Waals surface area contributed by atoms with Crippen LogP contribution in [0.2, 0.25) is 10.0 Å². The number of carbonyl (C=O) groups excluding carboxylic acids is 1. The average molecular weight is 535 g/mol. The third-order valence-corrected chi connectivity index (χ3v) is 7.95. The van der Waals surface area contributed by atoms with E-state index >= 15 is 0 Å². The lowest BCUT2D eigenvalue weighted by molar-refractivity contribution is -0.117. The smallest absolute Gasteiger partial charge is 0.243 e. The van der Waals surface area contributed by atoms with Gasteiger partial charge in [0.15, 0.2) is 0 Å². The van der Waals surface area contributed by atoms with Crippen LogP contribution in [0.1, 0.15) is 6.42 Å². The highest BCUT2D eigenvalue weighted by atomic mass is 35.5. The van der Waals surface area contributed by atoms with Crippen molar-refractivity contribution in [1.82, 2.24) is 15.3 Å². The highest BCUT2D eigenvalue weighted by molar-refractivity contribution is 7.85. The summed E-state index contributed by atoms with van der Waals surface area (Å²) < 4.78 is 22.9. The molecular weight excluding hydrogens is 511 g/mol. The van der Waals surface area contributed by atoms with Gasteiger partial charge in [-0.05, 0) is 30.2 Å². The molecule has 1 aliphatic rings. The summed E-state index contributed by atoms with van der Waals surface area (Å²) in [6, 6.07) is 6.74. The normalized spacial score (nSPS) is 19.7. The third kappa shape index (κ3) is 5.37. The van der Waals surface area contributed by atoms with Crippen molar-refractivity contribution in [2.75, 3.05) is 31.0 Å². The standard InChI is InChI=1S/C24H24Cl2N4O4S/c1-4-20(31)28-16-7-8-35(32)12-17(16)30-24-27-11-14-9-13(5-6-15(14)29-24)21-22(25)18(33-2)10-19(34-3)23(21)26/h4-6,9-11,16-17H,1,7-8,12H2,2-3H3,(H,28,31)(H,27,29,30). The molecule has 2 heterocycles. The molecule has 1 saturated heterocycles. The quantitative estimate of drug-likeness (QED) is 0.437. The lowest BCUT2D eigenvalue weighted by Gasteiger charge is -2.32. The first-order valence-electron chi connectivity index (χ1n) is 10.8. The zero-order valence-electron chi connectivity index (χ0n) is 19.1. The number of anilines is 1. The van der Waals surface area contributed by atoms with Gasteiger partial charge in [0.05, 0.1) is 41.9 Å². The Morgan fingerprint density at radius 2 is 1.89 bits per heavy atom. The van der Waals surface area contributed by atoms with Gasteiger partial charge in [-0.2, -0.15) is 0 Å². The number of benzene rings is 2. The zero-order chi connectivity index (χ0) is 25.1. The molecule has 0 aliphatic carbocycles. The lowest BCUT2D eigenvalue weighted by Crippen LogP contribution is -2.52. The molecule has 3 atom stereocenters. The van der Waals surface area contributed by atoms with E-state index < -0.39 is 10.8 Å². The van der Waals surface area contributed by atoms with Gasteiger partial charge in [-0.1, -0.05) is 35.8 Å². The lowest BCUT2D eigenvalue weighted by atomic mass is 10.0. The van der Waals surface area contributed by atoms with E-state index in [0.29, 0.717) is 56.5 Å². The maximum Gasteiger partial charge on any atom is 0.243 e. The maximum atomic E-state index is 12.2. The Morgan fingerprint density at radius 3 is 2.54 bits per heavy atom. The molecular formula is C24H24Cl2N4O4S. The van der Waals surface area contributed by atoms with Crippen LogP contribution in [0, 0.1) is 0 Å². The number of amides is 1. The first-order chi connectivity index (χ1) is 16.8. The van der Waals surface area contributed by atoms with Gasteiger partial charge in [0.1, 0.15) is 11.5 Å². The van der Waals surface area contributed by atoms with Gasteiger partial charge >= 0.3 is 0 Å². The van der Waals surface area contributed by atoms with Gasteiger partial charge in [0, 0.05) is 45.5 Å². The molecule has 1 aliphatic heterocycles. The zero-order valence-corrected chi connectivity index (χ0v) is 21.5. The number of hydrogen-bond acceptors (Lipinski definition) is 7. The summed E-state index contributed by atoms with van der Waals surface area (Å²) in [5.74, 6) is 1.92. The second-order valence-electron chi connectivity index (χ2n) is 7.92. The molecule has 2 aromatic carbocycles. The number of carbonyl (C=O) groups is 1. The average Bonchev–Trinajstić information content (AvgIpc) is 2.86. The molecule has 0 radical (unpaired) electrons. The molecule has 2 N–H and O–H groups in total. The first-order valence-corrected chi connectivity index (χ1v) is 13.0. The Kier molecular flexibility index (Phi) is 7.78. The first kappa shape index (κ1) is 25.2. The predicted octanol–water partition coefficient (Wildman–Crippen LogP) is 4.22. The second kappa shape index (κ2) is 10.8. The molecule has 3 unspecified atom stereocenters. The van der Waals surface area contributed by atoms with Crippen LogP contribution in [0.25, 0.3) is 22.0 Å². The molecule has 4 rings (SSSR count). The second-order valence-corrected chi connectivity index (χ2v) is 10.3. The van der Waals surface area contributed by atoms with Crippen molar-refractivity contribution in [2.45, 2.75) is 18.5 Å². The molecule has 1 amide bonds. The minimum Gasteiger partial charge on any atom is -0.495 e. The summed E-state index contributed by atoms with van der Waals surface area (Å²) in [5, 5.41) is 7.64. The summed E-state index contributed by atoms with van der Waals surface area (Å²) in [5.41, 5.74) is 2.03. The molecule has 35 heavy (non-hydrogen) atoms. The number of halogens is 2. The van der Waals surface area contributed by atoms with Crippen molar-refractivity contribution < 1.29 is 18.5 Å². The van der Waals surface area contributed by atoms with E-state index in [-0.39, 0.29) is 18.0 Å². The Hall–Kier alpha value is -2.88. The van der Waals surface area contributed by atoms with E-state index in [2.05, 4.69) is 27.2 Å². The molecule has 8 nitrogen and oxygen atoms in total. The van der Waals surface area contributed by atoms with Crippen molar-refractivity contribution in [3.63, 3.8) is 0 Å². The van der Waals surface area contributed by atoms with E-state index in [0.717, 1.165) is 10.9 Å². The van der Waals surface area contributed by atoms with Crippen LogP contribution in [0.15, 0.2) is 43.1 Å². The largest absolute Gasteiger partial charge is 0.495 e. The van der Waals surface area contributed by atoms with Crippen molar-refractivity contribution in [3.05, 3.63) is 53.2 Å². The fourth-order valence-corrected chi connectivity index (χ4v) is 6.10. The Bertz CT molecular complexity index is 1290. The van der Waals surface area contributed by atoms with E-state index in [4.69, 9.17) is 32.7 Å². The van der Waals surface area contributed by atoms with Gasteiger partial charge in [-0.3, -0.25) is 9.00 Å². The SMILES string of the molecule is C=CC(=O)NC1CCS(=O)CC1Nc1ncc2cc(-c3c(Cl)c(OC)cc(OC)c3Cl)ccc2n1. The van der Waals surface area contributed by atoms with Crippen LogP contribution in [0.4, 0.5) is 5.95 Å². The summed E-state index contributed by atoms with van der Waals surface area (Å²) in [4.78, 5) is 20.9. The van der Waals surface area contributed by atoms with Gasteiger partial charge in [-0.15, -0.1) is 0 Å². The van der Waals surface area contributed by atoms with Crippen molar-refractivity contribution in [1.29, 1.82) is 0 Å². The highest BCUT2D eigenvalue weighted by Crippen LogP contribution is 2.46.